The molecule has 2 aliphatic heterocycles. The third kappa shape index (κ3) is 2.68. The molecule has 2 saturated heterocycles. The minimum atomic E-state index is 0.137. The van der Waals surface area contributed by atoms with E-state index in [2.05, 4.69) is 11.9 Å². The molecule has 3 heterocycles. The molecule has 0 radical (unpaired) electrons. The minimum Gasteiger partial charge on any atom is -0.379 e. The average Bonchev–Trinajstić information content (AvgIpc) is 2.98. The maximum absolute atomic E-state index is 12.5. The number of amides is 1. The van der Waals surface area contributed by atoms with E-state index in [1.807, 2.05) is 22.4 Å². The number of hydrogen-bond acceptors (Lipinski definition) is 4. The molecule has 1 aromatic heterocycles. The summed E-state index contributed by atoms with van der Waals surface area (Å²) in [5.41, 5.74) is 0.137. The van der Waals surface area contributed by atoms with E-state index in [4.69, 9.17) is 4.74 Å². The summed E-state index contributed by atoms with van der Waals surface area (Å²) < 4.78 is 5.76. The van der Waals surface area contributed by atoms with Crippen LogP contribution in [0.4, 0.5) is 0 Å². The van der Waals surface area contributed by atoms with Crippen LogP contribution in [0.25, 0.3) is 0 Å². The second-order valence-corrected chi connectivity index (χ2v) is 6.69. The lowest BCUT2D eigenvalue weighted by Crippen LogP contribution is -2.42. The van der Waals surface area contributed by atoms with Gasteiger partial charge in [-0.05, 0) is 31.5 Å². The van der Waals surface area contributed by atoms with E-state index in [1.165, 1.54) is 11.3 Å². The van der Waals surface area contributed by atoms with Crippen molar-refractivity contribution in [3.8, 4) is 0 Å². The molecule has 1 atom stereocenters. The van der Waals surface area contributed by atoms with Crippen LogP contribution in [0.5, 0.6) is 0 Å². The Kier molecular flexibility index (Phi) is 3.60. The third-order valence-corrected chi connectivity index (χ3v) is 4.95. The van der Waals surface area contributed by atoms with Crippen LogP contribution in [0.1, 0.15) is 16.1 Å². The highest BCUT2D eigenvalue weighted by atomic mass is 32.1. The van der Waals surface area contributed by atoms with Crippen molar-refractivity contribution in [2.24, 2.45) is 5.41 Å². The number of likely N-dealkylation sites (tertiary alicyclic amines) is 1. The van der Waals surface area contributed by atoms with E-state index in [0.29, 0.717) is 13.2 Å². The number of hydrogen-bond donors (Lipinski definition) is 0. The van der Waals surface area contributed by atoms with Gasteiger partial charge in [0.2, 0.25) is 0 Å². The zero-order chi connectivity index (χ0) is 13.3. The number of carbonyl (C=O) groups excluding carboxylic acids is 1. The third-order valence-electron chi connectivity index (χ3n) is 4.09. The van der Waals surface area contributed by atoms with Crippen molar-refractivity contribution in [1.29, 1.82) is 0 Å². The van der Waals surface area contributed by atoms with Gasteiger partial charge >= 0.3 is 0 Å². The van der Waals surface area contributed by atoms with Gasteiger partial charge in [-0.3, -0.25) is 4.79 Å². The summed E-state index contributed by atoms with van der Waals surface area (Å²) >= 11 is 1.52. The van der Waals surface area contributed by atoms with E-state index in [-0.39, 0.29) is 11.3 Å². The van der Waals surface area contributed by atoms with Crippen LogP contribution in [0.2, 0.25) is 0 Å². The Morgan fingerprint density at radius 2 is 2.32 bits per heavy atom. The van der Waals surface area contributed by atoms with Gasteiger partial charge in [0.25, 0.3) is 5.91 Å². The SMILES string of the molecule is CN1CC[C@]2(COCCN(C(=O)c3cccs3)C2)C1. The van der Waals surface area contributed by atoms with Crippen molar-refractivity contribution in [2.45, 2.75) is 6.42 Å². The van der Waals surface area contributed by atoms with Crippen molar-refractivity contribution in [3.63, 3.8) is 0 Å². The first-order valence-corrected chi connectivity index (χ1v) is 7.66. The molecule has 19 heavy (non-hydrogen) atoms. The lowest BCUT2D eigenvalue weighted by molar-refractivity contribution is 0.0662. The molecule has 1 aromatic rings. The molecule has 0 bridgehead atoms. The normalized spacial score (nSPS) is 28.8. The summed E-state index contributed by atoms with van der Waals surface area (Å²) in [6.07, 6.45) is 1.12. The first-order chi connectivity index (χ1) is 9.19. The Bertz CT molecular complexity index is 448. The number of thiophene rings is 1. The maximum atomic E-state index is 12.5. The predicted octanol–water partition coefficient (Wildman–Crippen LogP) is 1.54. The van der Waals surface area contributed by atoms with Crippen molar-refractivity contribution >= 4 is 17.2 Å². The molecule has 1 spiro atoms. The van der Waals surface area contributed by atoms with Gasteiger partial charge in [-0.2, -0.15) is 0 Å². The molecule has 4 nitrogen and oxygen atoms in total. The van der Waals surface area contributed by atoms with Crippen LogP contribution in [0, 0.1) is 5.41 Å². The Morgan fingerprint density at radius 3 is 3.00 bits per heavy atom. The Balaban J connectivity index is 1.76. The van der Waals surface area contributed by atoms with E-state index in [1.54, 1.807) is 0 Å². The highest BCUT2D eigenvalue weighted by molar-refractivity contribution is 7.12. The fourth-order valence-electron chi connectivity index (χ4n) is 3.13. The zero-order valence-corrected chi connectivity index (χ0v) is 12.1. The average molecular weight is 280 g/mol. The highest BCUT2D eigenvalue weighted by Crippen LogP contribution is 2.33. The van der Waals surface area contributed by atoms with E-state index in [9.17, 15) is 4.79 Å². The van der Waals surface area contributed by atoms with Gasteiger partial charge in [0.1, 0.15) is 0 Å². The number of ether oxygens (including phenoxy) is 1. The van der Waals surface area contributed by atoms with Gasteiger partial charge in [-0.25, -0.2) is 0 Å². The summed E-state index contributed by atoms with van der Waals surface area (Å²) in [5.74, 6) is 0.162. The minimum absolute atomic E-state index is 0.137. The molecule has 3 rings (SSSR count). The quantitative estimate of drug-likeness (QED) is 0.782. The van der Waals surface area contributed by atoms with Crippen molar-refractivity contribution < 1.29 is 9.53 Å². The molecule has 2 fully saturated rings. The molecule has 0 saturated carbocycles. The Morgan fingerprint density at radius 1 is 1.42 bits per heavy atom. The van der Waals surface area contributed by atoms with Crippen LogP contribution in [0.15, 0.2) is 17.5 Å². The molecular formula is C14H20N2O2S. The van der Waals surface area contributed by atoms with Gasteiger partial charge in [0, 0.05) is 25.0 Å². The lowest BCUT2D eigenvalue weighted by Gasteiger charge is -2.31. The predicted molar refractivity (Wildman–Crippen MR) is 75.6 cm³/mol. The lowest BCUT2D eigenvalue weighted by atomic mass is 9.87. The molecule has 2 aliphatic rings. The Labute approximate surface area is 118 Å². The van der Waals surface area contributed by atoms with Gasteiger partial charge in [-0.15, -0.1) is 11.3 Å². The van der Waals surface area contributed by atoms with Gasteiger partial charge in [0.15, 0.2) is 0 Å². The van der Waals surface area contributed by atoms with Gasteiger partial charge in [-0.1, -0.05) is 6.07 Å². The second kappa shape index (κ2) is 5.23. The van der Waals surface area contributed by atoms with E-state index in [0.717, 1.165) is 37.5 Å². The van der Waals surface area contributed by atoms with E-state index < -0.39 is 0 Å². The number of rotatable bonds is 1. The van der Waals surface area contributed by atoms with E-state index >= 15 is 0 Å². The summed E-state index contributed by atoms with van der Waals surface area (Å²) in [5, 5.41) is 1.96. The first kappa shape index (κ1) is 13.1. The van der Waals surface area contributed by atoms with Gasteiger partial charge < -0.3 is 14.5 Å². The molecular weight excluding hydrogens is 260 g/mol. The second-order valence-electron chi connectivity index (χ2n) is 5.74. The number of carbonyl (C=O) groups is 1. The molecule has 0 unspecified atom stereocenters. The smallest absolute Gasteiger partial charge is 0.264 e. The Hall–Kier alpha value is -0.910. The standard InChI is InChI=1S/C14H20N2O2S/c1-15-5-4-14(9-15)10-16(6-7-18-11-14)13(17)12-3-2-8-19-12/h2-3,8H,4-7,9-11H2,1H3/t14-/m0/s1. The zero-order valence-electron chi connectivity index (χ0n) is 11.3. The van der Waals surface area contributed by atoms with Crippen LogP contribution >= 0.6 is 11.3 Å². The molecule has 104 valence electrons. The molecule has 0 aliphatic carbocycles. The van der Waals surface area contributed by atoms with Crippen LogP contribution in [0.3, 0.4) is 0 Å². The van der Waals surface area contributed by atoms with Crippen molar-refractivity contribution in [2.75, 3.05) is 46.4 Å². The van der Waals surface area contributed by atoms with Gasteiger partial charge in [0.05, 0.1) is 18.1 Å². The van der Waals surface area contributed by atoms with Crippen molar-refractivity contribution in [3.05, 3.63) is 22.4 Å². The summed E-state index contributed by atoms with van der Waals surface area (Å²) in [7, 11) is 2.14. The molecule has 5 heteroatoms. The highest BCUT2D eigenvalue weighted by Gasteiger charge is 2.41. The topological polar surface area (TPSA) is 32.8 Å². The van der Waals surface area contributed by atoms with Crippen LogP contribution in [-0.2, 0) is 4.74 Å². The summed E-state index contributed by atoms with van der Waals surface area (Å²) in [6, 6.07) is 3.84. The fourth-order valence-corrected chi connectivity index (χ4v) is 3.82. The molecule has 1 amide bonds. The molecule has 0 aromatic carbocycles. The maximum Gasteiger partial charge on any atom is 0.264 e. The van der Waals surface area contributed by atoms with Crippen LogP contribution in [-0.4, -0.2) is 62.1 Å². The van der Waals surface area contributed by atoms with Crippen molar-refractivity contribution in [1.82, 2.24) is 9.80 Å². The molecule has 0 N–H and O–H groups in total. The van der Waals surface area contributed by atoms with Crippen LogP contribution < -0.4 is 0 Å². The number of nitrogens with zero attached hydrogens (tertiary/aromatic N) is 2. The summed E-state index contributed by atoms with van der Waals surface area (Å²) in [6.45, 7) is 5.11. The first-order valence-electron chi connectivity index (χ1n) is 6.78. The fraction of sp³-hybridized carbons (Fsp3) is 0.643. The monoisotopic (exact) mass is 280 g/mol. The summed E-state index contributed by atoms with van der Waals surface area (Å²) in [4.78, 5) is 17.7. The largest absolute Gasteiger partial charge is 0.379 e.